The van der Waals surface area contributed by atoms with Crippen LogP contribution in [-0.2, 0) is 4.79 Å². The second-order valence-electron chi connectivity index (χ2n) is 4.41. The third-order valence-electron chi connectivity index (χ3n) is 2.82. The van der Waals surface area contributed by atoms with Gasteiger partial charge in [-0.25, -0.2) is 4.98 Å². The van der Waals surface area contributed by atoms with E-state index in [1.807, 2.05) is 19.1 Å². The second kappa shape index (κ2) is 7.87. The van der Waals surface area contributed by atoms with Gasteiger partial charge < -0.3 is 10.4 Å². The molecule has 1 aromatic heterocycles. The highest BCUT2D eigenvalue weighted by atomic mass is 79.9. The second-order valence-corrected chi connectivity index (χ2v) is 6.35. The van der Waals surface area contributed by atoms with Gasteiger partial charge in [0.25, 0.3) is 0 Å². The fourth-order valence-corrected chi connectivity index (χ4v) is 3.15. The van der Waals surface area contributed by atoms with Crippen LogP contribution in [0, 0.1) is 0 Å². The number of pyridine rings is 1. The van der Waals surface area contributed by atoms with Crippen molar-refractivity contribution in [2.45, 2.75) is 37.3 Å². The van der Waals surface area contributed by atoms with Gasteiger partial charge in [0.1, 0.15) is 10.6 Å². The summed E-state index contributed by atoms with van der Waals surface area (Å²) in [6, 6.07) is 3.83. The number of nitrogens with zero attached hydrogens (tertiary/aromatic N) is 1. The van der Waals surface area contributed by atoms with Crippen LogP contribution in [0.4, 0.5) is 0 Å². The lowest BCUT2D eigenvalue weighted by Crippen LogP contribution is -2.49. The van der Waals surface area contributed by atoms with Crippen LogP contribution in [-0.4, -0.2) is 33.9 Å². The van der Waals surface area contributed by atoms with E-state index in [9.17, 15) is 9.90 Å². The molecule has 1 rings (SSSR count). The van der Waals surface area contributed by atoms with Crippen LogP contribution in [0.3, 0.4) is 0 Å². The average molecular weight is 347 g/mol. The topological polar surface area (TPSA) is 62.2 Å². The zero-order chi connectivity index (χ0) is 14.3. The minimum atomic E-state index is -0.837. The zero-order valence-electron chi connectivity index (χ0n) is 11.1. The molecule has 0 spiro atoms. The molecule has 19 heavy (non-hydrogen) atoms. The van der Waals surface area contributed by atoms with Crippen LogP contribution in [0.25, 0.3) is 0 Å². The van der Waals surface area contributed by atoms with E-state index in [4.69, 9.17) is 0 Å². The molecular formula is C13H19BrN2O2S. The number of thioether (sulfide) groups is 1. The highest BCUT2D eigenvalue weighted by molar-refractivity contribution is 9.10. The Hall–Kier alpha value is -0.590. The summed E-state index contributed by atoms with van der Waals surface area (Å²) in [5.74, 6) is 0.0579. The van der Waals surface area contributed by atoms with Crippen LogP contribution in [0.5, 0.6) is 0 Å². The third-order valence-corrected chi connectivity index (χ3v) is 4.82. The Kier molecular flexibility index (Phi) is 6.82. The fraction of sp³-hybridized carbons (Fsp3) is 0.538. The van der Waals surface area contributed by atoms with Crippen LogP contribution in [0.15, 0.2) is 27.8 Å². The van der Waals surface area contributed by atoms with Crippen LogP contribution < -0.4 is 5.32 Å². The number of hydrogen-bond acceptors (Lipinski definition) is 4. The number of halogens is 1. The van der Waals surface area contributed by atoms with Crippen molar-refractivity contribution in [2.75, 3.05) is 12.3 Å². The molecule has 0 aliphatic rings. The van der Waals surface area contributed by atoms with E-state index in [2.05, 4.69) is 26.2 Å². The lowest BCUT2D eigenvalue weighted by molar-refractivity contribution is -0.144. The summed E-state index contributed by atoms with van der Waals surface area (Å²) in [5, 5.41) is 13.2. The summed E-state index contributed by atoms with van der Waals surface area (Å²) in [6.45, 7) is 4.31. The maximum absolute atomic E-state index is 11.2. The van der Waals surface area contributed by atoms with Gasteiger partial charge in [-0.05, 0) is 60.1 Å². The smallest absolute Gasteiger partial charge is 0.323 e. The first-order chi connectivity index (χ1) is 8.99. The van der Waals surface area contributed by atoms with E-state index < -0.39 is 11.5 Å². The van der Waals surface area contributed by atoms with Gasteiger partial charge in [-0.1, -0.05) is 6.92 Å². The molecule has 6 heteroatoms. The summed E-state index contributed by atoms with van der Waals surface area (Å²) in [5.41, 5.74) is -0.837. The van der Waals surface area contributed by atoms with E-state index in [1.165, 1.54) is 0 Å². The largest absolute Gasteiger partial charge is 0.480 e. The minimum absolute atomic E-state index is 0.605. The SMILES string of the molecule is CCNC(C)(CCCSc1ncccc1Br)C(=O)O. The maximum atomic E-state index is 11.2. The van der Waals surface area contributed by atoms with Crippen molar-refractivity contribution >= 4 is 33.7 Å². The number of carboxylic acids is 1. The molecule has 0 fully saturated rings. The number of hydrogen-bond donors (Lipinski definition) is 2. The average Bonchev–Trinajstić information content (AvgIpc) is 2.37. The van der Waals surface area contributed by atoms with Crippen LogP contribution in [0.2, 0.25) is 0 Å². The Labute approximate surface area is 126 Å². The Bertz CT molecular complexity index is 431. The summed E-state index contributed by atoms with van der Waals surface area (Å²) < 4.78 is 0.979. The first-order valence-corrected chi connectivity index (χ1v) is 7.99. The van der Waals surface area contributed by atoms with Gasteiger partial charge in [0.05, 0.1) is 0 Å². The third kappa shape index (κ3) is 5.12. The molecule has 1 heterocycles. The molecule has 4 nitrogen and oxygen atoms in total. The molecular weight excluding hydrogens is 328 g/mol. The van der Waals surface area contributed by atoms with Crippen molar-refractivity contribution in [3.63, 3.8) is 0 Å². The Morgan fingerprint density at radius 2 is 2.37 bits per heavy atom. The molecule has 0 saturated carbocycles. The Morgan fingerprint density at radius 1 is 1.63 bits per heavy atom. The molecule has 106 valence electrons. The van der Waals surface area contributed by atoms with E-state index in [-0.39, 0.29) is 0 Å². The van der Waals surface area contributed by atoms with Crippen molar-refractivity contribution in [3.05, 3.63) is 22.8 Å². The monoisotopic (exact) mass is 346 g/mol. The molecule has 0 aliphatic carbocycles. The first kappa shape index (κ1) is 16.5. The predicted octanol–water partition coefficient (Wildman–Crippen LogP) is 3.17. The van der Waals surface area contributed by atoms with E-state index in [0.717, 1.165) is 21.7 Å². The van der Waals surface area contributed by atoms with Gasteiger partial charge in [0.2, 0.25) is 0 Å². The molecule has 0 aromatic carbocycles. The van der Waals surface area contributed by atoms with Crippen LogP contribution in [0.1, 0.15) is 26.7 Å². The zero-order valence-corrected chi connectivity index (χ0v) is 13.6. The van der Waals surface area contributed by atoms with Crippen molar-refractivity contribution in [1.29, 1.82) is 0 Å². The van der Waals surface area contributed by atoms with Gasteiger partial charge in [-0.15, -0.1) is 11.8 Å². The van der Waals surface area contributed by atoms with Gasteiger partial charge in [-0.2, -0.15) is 0 Å². The lowest BCUT2D eigenvalue weighted by atomic mass is 9.96. The van der Waals surface area contributed by atoms with Crippen molar-refractivity contribution in [2.24, 2.45) is 0 Å². The van der Waals surface area contributed by atoms with Gasteiger partial charge in [-0.3, -0.25) is 4.79 Å². The number of carboxylic acid groups (broad SMARTS) is 1. The number of carbonyl (C=O) groups is 1. The van der Waals surface area contributed by atoms with Crippen molar-refractivity contribution in [3.8, 4) is 0 Å². The molecule has 0 bridgehead atoms. The number of aliphatic carboxylic acids is 1. The normalized spacial score (nSPS) is 14.1. The lowest BCUT2D eigenvalue weighted by Gasteiger charge is -2.25. The summed E-state index contributed by atoms with van der Waals surface area (Å²) in [7, 11) is 0. The number of aromatic nitrogens is 1. The molecule has 0 aliphatic heterocycles. The highest BCUT2D eigenvalue weighted by Gasteiger charge is 2.31. The van der Waals surface area contributed by atoms with E-state index >= 15 is 0 Å². The summed E-state index contributed by atoms with van der Waals surface area (Å²) in [6.07, 6.45) is 3.18. The predicted molar refractivity (Wildman–Crippen MR) is 81.6 cm³/mol. The Morgan fingerprint density at radius 3 is 2.95 bits per heavy atom. The highest BCUT2D eigenvalue weighted by Crippen LogP contribution is 2.26. The van der Waals surface area contributed by atoms with Crippen molar-refractivity contribution in [1.82, 2.24) is 10.3 Å². The van der Waals surface area contributed by atoms with Gasteiger partial charge in [0, 0.05) is 10.7 Å². The molecule has 1 aromatic rings. The number of likely N-dealkylation sites (N-methyl/N-ethyl adjacent to an activating group) is 1. The maximum Gasteiger partial charge on any atom is 0.323 e. The van der Waals surface area contributed by atoms with Crippen LogP contribution >= 0.6 is 27.7 Å². The van der Waals surface area contributed by atoms with E-state index in [0.29, 0.717) is 13.0 Å². The molecule has 0 amide bonds. The summed E-state index contributed by atoms with van der Waals surface area (Å²) >= 11 is 5.09. The van der Waals surface area contributed by atoms with E-state index in [1.54, 1.807) is 24.9 Å². The molecule has 2 N–H and O–H groups in total. The van der Waals surface area contributed by atoms with Gasteiger partial charge in [0.15, 0.2) is 0 Å². The van der Waals surface area contributed by atoms with Gasteiger partial charge >= 0.3 is 5.97 Å². The van der Waals surface area contributed by atoms with Crippen molar-refractivity contribution < 1.29 is 9.90 Å². The molecule has 1 atom stereocenters. The molecule has 1 unspecified atom stereocenters. The minimum Gasteiger partial charge on any atom is -0.480 e. The first-order valence-electron chi connectivity index (χ1n) is 6.21. The fourth-order valence-electron chi connectivity index (χ4n) is 1.73. The summed E-state index contributed by atoms with van der Waals surface area (Å²) in [4.78, 5) is 15.5. The quantitative estimate of drug-likeness (QED) is 0.559. The number of rotatable bonds is 8. The Balaban J connectivity index is 2.41. The molecule has 0 radical (unpaired) electrons. The number of nitrogens with one attached hydrogen (secondary N) is 1. The molecule has 0 saturated heterocycles. The standard InChI is InChI=1S/C13H19BrN2O2S/c1-3-16-13(2,12(17)18)7-5-9-19-11-10(14)6-4-8-15-11/h4,6,8,16H,3,5,7,9H2,1-2H3,(H,17,18).